The number of hydrogen-bond acceptors (Lipinski definition) is 2. The minimum absolute atomic E-state index is 0.156. The predicted molar refractivity (Wildman–Crippen MR) is 68.3 cm³/mol. The zero-order valence-corrected chi connectivity index (χ0v) is 11.2. The number of aromatic amines is 1. The van der Waals surface area contributed by atoms with Gasteiger partial charge in [-0.05, 0) is 33.1 Å². The van der Waals surface area contributed by atoms with Crippen LogP contribution in [0.2, 0.25) is 0 Å². The second kappa shape index (κ2) is 5.48. The molecule has 1 aromatic rings. The Balaban J connectivity index is 2.39. The zero-order chi connectivity index (χ0) is 12.2. The first kappa shape index (κ1) is 13.2. The van der Waals surface area contributed by atoms with Crippen molar-refractivity contribution in [3.63, 3.8) is 0 Å². The van der Waals surface area contributed by atoms with Gasteiger partial charge in [0.05, 0.1) is 0 Å². The van der Waals surface area contributed by atoms with Gasteiger partial charge in [0.15, 0.2) is 0 Å². The van der Waals surface area contributed by atoms with Gasteiger partial charge in [-0.25, -0.2) is 4.98 Å². The summed E-state index contributed by atoms with van der Waals surface area (Å²) in [6.07, 6.45) is 4.18. The van der Waals surface area contributed by atoms with Crippen LogP contribution in [0, 0.1) is 5.92 Å². The summed E-state index contributed by atoms with van der Waals surface area (Å²) in [4.78, 5) is 7.76. The Morgan fingerprint density at radius 1 is 1.38 bits per heavy atom. The first-order valence-electron chi connectivity index (χ1n) is 6.14. The van der Waals surface area contributed by atoms with Crippen molar-refractivity contribution >= 4 is 0 Å². The summed E-state index contributed by atoms with van der Waals surface area (Å²) in [5.74, 6) is 1.85. The minimum atomic E-state index is 0.156. The second-order valence-corrected chi connectivity index (χ2v) is 5.89. The summed E-state index contributed by atoms with van der Waals surface area (Å²) >= 11 is 0. The molecule has 0 bridgehead atoms. The number of rotatable bonds is 5. The van der Waals surface area contributed by atoms with E-state index in [0.717, 1.165) is 24.7 Å². The highest BCUT2D eigenvalue weighted by Gasteiger charge is 2.09. The number of nitrogens with one attached hydrogen (secondary N) is 2. The Hall–Kier alpha value is -0.830. The molecule has 0 saturated carbocycles. The molecule has 2 N–H and O–H groups in total. The average molecular weight is 223 g/mol. The van der Waals surface area contributed by atoms with Crippen LogP contribution in [0.15, 0.2) is 6.20 Å². The number of hydrogen-bond donors (Lipinski definition) is 2. The third kappa shape index (κ3) is 5.31. The summed E-state index contributed by atoms with van der Waals surface area (Å²) in [6, 6.07) is 0. The monoisotopic (exact) mass is 223 g/mol. The average Bonchev–Trinajstić information content (AvgIpc) is 2.58. The lowest BCUT2D eigenvalue weighted by Crippen LogP contribution is -2.35. The van der Waals surface area contributed by atoms with Gasteiger partial charge in [-0.1, -0.05) is 13.8 Å². The molecule has 92 valence electrons. The van der Waals surface area contributed by atoms with Crippen molar-refractivity contribution in [2.24, 2.45) is 5.92 Å². The molecular weight excluding hydrogens is 198 g/mol. The smallest absolute Gasteiger partial charge is 0.106 e. The molecule has 16 heavy (non-hydrogen) atoms. The molecule has 0 spiro atoms. The summed E-state index contributed by atoms with van der Waals surface area (Å²) in [5, 5.41) is 3.45. The van der Waals surface area contributed by atoms with E-state index in [1.807, 2.05) is 6.20 Å². The van der Waals surface area contributed by atoms with Crippen molar-refractivity contribution in [1.82, 2.24) is 15.3 Å². The minimum Gasteiger partial charge on any atom is -0.345 e. The van der Waals surface area contributed by atoms with Crippen molar-refractivity contribution in [1.29, 1.82) is 0 Å². The Bertz CT molecular complexity index is 307. The van der Waals surface area contributed by atoms with E-state index in [1.165, 1.54) is 12.1 Å². The highest BCUT2D eigenvalue weighted by molar-refractivity contribution is 5.01. The molecular formula is C13H25N3. The fraction of sp³-hybridized carbons (Fsp3) is 0.769. The summed E-state index contributed by atoms with van der Waals surface area (Å²) in [7, 11) is 0. The highest BCUT2D eigenvalue weighted by atomic mass is 15.0. The van der Waals surface area contributed by atoms with E-state index in [4.69, 9.17) is 0 Å². The molecule has 0 aromatic carbocycles. The van der Waals surface area contributed by atoms with E-state index in [0.29, 0.717) is 0 Å². The second-order valence-electron chi connectivity index (χ2n) is 5.89. The molecule has 3 heteroatoms. The van der Waals surface area contributed by atoms with Crippen LogP contribution >= 0.6 is 0 Å². The first-order chi connectivity index (χ1) is 7.37. The molecule has 0 amide bonds. The molecule has 0 aliphatic carbocycles. The van der Waals surface area contributed by atoms with E-state index in [2.05, 4.69) is 49.9 Å². The number of aryl methyl sites for hydroxylation is 1. The van der Waals surface area contributed by atoms with Crippen molar-refractivity contribution in [2.75, 3.05) is 0 Å². The largest absolute Gasteiger partial charge is 0.345 e. The van der Waals surface area contributed by atoms with E-state index < -0.39 is 0 Å². The molecule has 0 saturated heterocycles. The Morgan fingerprint density at radius 2 is 2.06 bits per heavy atom. The van der Waals surface area contributed by atoms with Crippen LogP contribution in [-0.4, -0.2) is 15.5 Å². The number of nitrogens with zero attached hydrogens (tertiary/aromatic N) is 1. The lowest BCUT2D eigenvalue weighted by molar-refractivity contribution is 0.421. The Labute approximate surface area is 99.1 Å². The number of aromatic nitrogens is 2. The van der Waals surface area contributed by atoms with Gasteiger partial charge >= 0.3 is 0 Å². The van der Waals surface area contributed by atoms with Crippen LogP contribution in [0.5, 0.6) is 0 Å². The maximum absolute atomic E-state index is 4.39. The van der Waals surface area contributed by atoms with Crippen LogP contribution < -0.4 is 5.32 Å². The fourth-order valence-corrected chi connectivity index (χ4v) is 1.41. The molecule has 1 aromatic heterocycles. The lowest BCUT2D eigenvalue weighted by Gasteiger charge is -2.19. The summed E-state index contributed by atoms with van der Waals surface area (Å²) in [5.41, 5.74) is 1.33. The number of imidazole rings is 1. The molecule has 0 fully saturated rings. The fourth-order valence-electron chi connectivity index (χ4n) is 1.41. The van der Waals surface area contributed by atoms with Crippen molar-refractivity contribution in [2.45, 2.75) is 59.5 Å². The van der Waals surface area contributed by atoms with E-state index in [1.54, 1.807) is 0 Å². The van der Waals surface area contributed by atoms with E-state index >= 15 is 0 Å². The van der Waals surface area contributed by atoms with Crippen LogP contribution in [-0.2, 0) is 13.0 Å². The molecule has 0 unspecified atom stereocenters. The van der Waals surface area contributed by atoms with Gasteiger partial charge in [-0.15, -0.1) is 0 Å². The first-order valence-corrected chi connectivity index (χ1v) is 6.14. The molecule has 0 aliphatic rings. The Morgan fingerprint density at radius 3 is 2.62 bits per heavy atom. The third-order valence-electron chi connectivity index (χ3n) is 2.45. The molecule has 0 atom stereocenters. The SMILES string of the molecule is CC(C)CCc1ncc(CNC(C)(C)C)[nH]1. The number of H-pyrrole nitrogens is 1. The van der Waals surface area contributed by atoms with Crippen LogP contribution in [0.3, 0.4) is 0 Å². The quantitative estimate of drug-likeness (QED) is 0.806. The summed E-state index contributed by atoms with van der Waals surface area (Å²) < 4.78 is 0. The standard InChI is InChI=1S/C13H25N3/c1-10(2)6-7-12-14-8-11(16-12)9-15-13(3,4)5/h8,10,15H,6-7,9H2,1-5H3,(H,14,16). The van der Waals surface area contributed by atoms with Gasteiger partial charge in [-0.2, -0.15) is 0 Å². The van der Waals surface area contributed by atoms with Gasteiger partial charge in [0.1, 0.15) is 5.82 Å². The van der Waals surface area contributed by atoms with E-state index in [9.17, 15) is 0 Å². The van der Waals surface area contributed by atoms with Gasteiger partial charge in [-0.3, -0.25) is 0 Å². The topological polar surface area (TPSA) is 40.7 Å². The van der Waals surface area contributed by atoms with Crippen molar-refractivity contribution in [3.05, 3.63) is 17.7 Å². The molecule has 1 rings (SSSR count). The molecule has 1 heterocycles. The van der Waals surface area contributed by atoms with Crippen LogP contribution in [0.4, 0.5) is 0 Å². The van der Waals surface area contributed by atoms with E-state index in [-0.39, 0.29) is 5.54 Å². The van der Waals surface area contributed by atoms with Crippen LogP contribution in [0.1, 0.15) is 52.6 Å². The highest BCUT2D eigenvalue weighted by Crippen LogP contribution is 2.07. The molecule has 0 aliphatic heterocycles. The third-order valence-corrected chi connectivity index (χ3v) is 2.45. The lowest BCUT2D eigenvalue weighted by atomic mass is 10.1. The van der Waals surface area contributed by atoms with Gasteiger partial charge in [0.25, 0.3) is 0 Å². The maximum atomic E-state index is 4.39. The van der Waals surface area contributed by atoms with Gasteiger partial charge < -0.3 is 10.3 Å². The molecule has 3 nitrogen and oxygen atoms in total. The maximum Gasteiger partial charge on any atom is 0.106 e. The Kier molecular flexibility index (Phi) is 4.54. The summed E-state index contributed by atoms with van der Waals surface area (Å²) in [6.45, 7) is 11.9. The predicted octanol–water partition coefficient (Wildman–Crippen LogP) is 2.89. The molecule has 0 radical (unpaired) electrons. The van der Waals surface area contributed by atoms with Crippen LogP contribution in [0.25, 0.3) is 0 Å². The zero-order valence-electron chi connectivity index (χ0n) is 11.2. The van der Waals surface area contributed by atoms with Gasteiger partial charge in [0, 0.05) is 30.4 Å². The normalized spacial score (nSPS) is 12.4. The van der Waals surface area contributed by atoms with Crippen molar-refractivity contribution < 1.29 is 0 Å². The van der Waals surface area contributed by atoms with Gasteiger partial charge in [0.2, 0.25) is 0 Å². The van der Waals surface area contributed by atoms with Crippen molar-refractivity contribution in [3.8, 4) is 0 Å².